The van der Waals surface area contributed by atoms with Crippen LogP contribution in [0.4, 0.5) is 10.5 Å². The molecule has 1 aliphatic rings. The van der Waals surface area contributed by atoms with Crippen LogP contribution in [-0.4, -0.2) is 29.9 Å². The normalized spacial score (nSPS) is 14.8. The molecule has 136 valence electrons. The number of hydrogen-bond donors (Lipinski definition) is 2. The van der Waals surface area contributed by atoms with Crippen molar-refractivity contribution in [3.8, 4) is 0 Å². The van der Waals surface area contributed by atoms with Gasteiger partial charge in [0.1, 0.15) is 0 Å². The van der Waals surface area contributed by atoms with E-state index in [0.717, 1.165) is 31.5 Å². The van der Waals surface area contributed by atoms with E-state index in [2.05, 4.69) is 10.6 Å². The number of likely N-dealkylation sites (tertiary alicyclic amines) is 1. The van der Waals surface area contributed by atoms with E-state index >= 15 is 0 Å². The summed E-state index contributed by atoms with van der Waals surface area (Å²) in [7, 11) is 0. The molecular formula is C20H22ClN3O2. The molecule has 2 aromatic carbocycles. The molecule has 5 nitrogen and oxygen atoms in total. The minimum atomic E-state index is -0.309. The maximum atomic E-state index is 12.3. The van der Waals surface area contributed by atoms with Gasteiger partial charge in [0.05, 0.1) is 6.04 Å². The van der Waals surface area contributed by atoms with Crippen molar-refractivity contribution in [2.45, 2.75) is 25.8 Å². The van der Waals surface area contributed by atoms with Crippen LogP contribution in [0.2, 0.25) is 5.02 Å². The fourth-order valence-corrected chi connectivity index (χ4v) is 3.22. The predicted molar refractivity (Wildman–Crippen MR) is 104 cm³/mol. The minimum absolute atomic E-state index is 0.0491. The Morgan fingerprint density at radius 3 is 2.42 bits per heavy atom. The molecule has 1 atom stereocenters. The zero-order chi connectivity index (χ0) is 18.5. The molecule has 1 aliphatic heterocycles. The van der Waals surface area contributed by atoms with E-state index in [4.69, 9.17) is 11.6 Å². The number of carbonyl (C=O) groups is 2. The average Bonchev–Trinajstić information content (AvgIpc) is 3.16. The third-order valence-corrected chi connectivity index (χ3v) is 4.71. The summed E-state index contributed by atoms with van der Waals surface area (Å²) in [5.41, 5.74) is 2.21. The fourth-order valence-electron chi connectivity index (χ4n) is 3.02. The van der Waals surface area contributed by atoms with Gasteiger partial charge < -0.3 is 15.5 Å². The third kappa shape index (κ3) is 4.55. The van der Waals surface area contributed by atoms with E-state index in [0.29, 0.717) is 16.3 Å². The zero-order valence-corrected chi connectivity index (χ0v) is 15.4. The van der Waals surface area contributed by atoms with Crippen LogP contribution in [0.5, 0.6) is 0 Å². The highest BCUT2D eigenvalue weighted by atomic mass is 35.5. The highest BCUT2D eigenvalue weighted by molar-refractivity contribution is 6.30. The SMILES string of the molecule is C[C@@H](NC(=O)Nc1ccc(C(=O)N2CCCC2)cc1)c1cccc(Cl)c1. The highest BCUT2D eigenvalue weighted by Crippen LogP contribution is 2.18. The van der Waals surface area contributed by atoms with Gasteiger partial charge in [-0.1, -0.05) is 23.7 Å². The maximum absolute atomic E-state index is 12.3. The summed E-state index contributed by atoms with van der Waals surface area (Å²) >= 11 is 5.98. The van der Waals surface area contributed by atoms with Crippen molar-refractivity contribution in [3.05, 3.63) is 64.7 Å². The Morgan fingerprint density at radius 1 is 1.08 bits per heavy atom. The lowest BCUT2D eigenvalue weighted by Crippen LogP contribution is -2.31. The summed E-state index contributed by atoms with van der Waals surface area (Å²) in [6.45, 7) is 3.54. The Balaban J connectivity index is 1.56. The molecule has 0 bridgehead atoms. The van der Waals surface area contributed by atoms with E-state index < -0.39 is 0 Å². The van der Waals surface area contributed by atoms with Gasteiger partial charge >= 0.3 is 6.03 Å². The number of anilines is 1. The second kappa shape index (κ2) is 8.23. The lowest BCUT2D eigenvalue weighted by molar-refractivity contribution is 0.0793. The topological polar surface area (TPSA) is 61.4 Å². The predicted octanol–water partition coefficient (Wildman–Crippen LogP) is 4.46. The average molecular weight is 372 g/mol. The molecule has 3 rings (SSSR count). The summed E-state index contributed by atoms with van der Waals surface area (Å²) in [6.07, 6.45) is 2.13. The Morgan fingerprint density at radius 2 is 1.77 bits per heavy atom. The van der Waals surface area contributed by atoms with Crippen LogP contribution in [0.25, 0.3) is 0 Å². The van der Waals surface area contributed by atoms with Gasteiger partial charge in [-0.25, -0.2) is 4.79 Å². The van der Waals surface area contributed by atoms with Crippen molar-refractivity contribution >= 4 is 29.2 Å². The summed E-state index contributed by atoms with van der Waals surface area (Å²) in [4.78, 5) is 26.4. The number of nitrogens with zero attached hydrogens (tertiary/aromatic N) is 1. The molecule has 0 aromatic heterocycles. The number of urea groups is 1. The lowest BCUT2D eigenvalue weighted by atomic mass is 10.1. The summed E-state index contributed by atoms with van der Waals surface area (Å²) in [6, 6.07) is 13.9. The van der Waals surface area contributed by atoms with Gasteiger partial charge in [0, 0.05) is 29.4 Å². The summed E-state index contributed by atoms with van der Waals surface area (Å²) in [5, 5.41) is 6.29. The highest BCUT2D eigenvalue weighted by Gasteiger charge is 2.19. The lowest BCUT2D eigenvalue weighted by Gasteiger charge is -2.16. The Bertz CT molecular complexity index is 786. The van der Waals surface area contributed by atoms with Crippen molar-refractivity contribution in [3.63, 3.8) is 0 Å². The zero-order valence-electron chi connectivity index (χ0n) is 14.7. The van der Waals surface area contributed by atoms with E-state index in [1.165, 1.54) is 0 Å². The van der Waals surface area contributed by atoms with Gasteiger partial charge in [0.2, 0.25) is 0 Å². The number of carbonyl (C=O) groups excluding carboxylic acids is 2. The molecule has 0 radical (unpaired) electrons. The minimum Gasteiger partial charge on any atom is -0.339 e. The molecule has 6 heteroatoms. The molecule has 1 saturated heterocycles. The molecule has 1 fully saturated rings. The Labute approximate surface area is 158 Å². The molecule has 26 heavy (non-hydrogen) atoms. The number of hydrogen-bond acceptors (Lipinski definition) is 2. The van der Waals surface area contributed by atoms with E-state index in [1.807, 2.05) is 30.0 Å². The van der Waals surface area contributed by atoms with Crippen molar-refractivity contribution in [2.24, 2.45) is 0 Å². The molecule has 1 heterocycles. The van der Waals surface area contributed by atoms with Crippen LogP contribution in [-0.2, 0) is 0 Å². The molecule has 2 N–H and O–H groups in total. The number of nitrogens with one attached hydrogen (secondary N) is 2. The van der Waals surface area contributed by atoms with Crippen LogP contribution in [0.1, 0.15) is 41.7 Å². The number of amides is 3. The van der Waals surface area contributed by atoms with Crippen molar-refractivity contribution in [2.75, 3.05) is 18.4 Å². The van der Waals surface area contributed by atoms with Crippen LogP contribution < -0.4 is 10.6 Å². The maximum Gasteiger partial charge on any atom is 0.319 e. The van der Waals surface area contributed by atoms with Crippen LogP contribution in [0.15, 0.2) is 48.5 Å². The largest absolute Gasteiger partial charge is 0.339 e. The summed E-state index contributed by atoms with van der Waals surface area (Å²) in [5.74, 6) is 0.0491. The fraction of sp³-hybridized carbons (Fsp3) is 0.300. The molecule has 0 saturated carbocycles. The first-order chi connectivity index (χ1) is 12.5. The van der Waals surface area contributed by atoms with Gasteiger partial charge in [0.15, 0.2) is 0 Å². The van der Waals surface area contributed by atoms with E-state index in [-0.39, 0.29) is 18.0 Å². The smallest absolute Gasteiger partial charge is 0.319 e. The van der Waals surface area contributed by atoms with Crippen molar-refractivity contribution in [1.29, 1.82) is 0 Å². The first-order valence-corrected chi connectivity index (χ1v) is 9.13. The van der Waals surface area contributed by atoms with Gasteiger partial charge in [-0.3, -0.25) is 4.79 Å². The van der Waals surface area contributed by atoms with E-state index in [9.17, 15) is 9.59 Å². The first kappa shape index (κ1) is 18.3. The third-order valence-electron chi connectivity index (χ3n) is 4.48. The summed E-state index contributed by atoms with van der Waals surface area (Å²) < 4.78 is 0. The monoisotopic (exact) mass is 371 g/mol. The van der Waals surface area contributed by atoms with Crippen LogP contribution in [0.3, 0.4) is 0 Å². The molecular weight excluding hydrogens is 350 g/mol. The second-order valence-corrected chi connectivity index (χ2v) is 6.89. The molecule has 0 aliphatic carbocycles. The number of benzene rings is 2. The van der Waals surface area contributed by atoms with E-state index in [1.54, 1.807) is 30.3 Å². The molecule has 0 unspecified atom stereocenters. The van der Waals surface area contributed by atoms with Gasteiger partial charge in [-0.05, 0) is 61.7 Å². The molecule has 0 spiro atoms. The van der Waals surface area contributed by atoms with Crippen LogP contribution >= 0.6 is 11.6 Å². The quantitative estimate of drug-likeness (QED) is 0.833. The van der Waals surface area contributed by atoms with Gasteiger partial charge in [0.25, 0.3) is 5.91 Å². The van der Waals surface area contributed by atoms with Gasteiger partial charge in [-0.15, -0.1) is 0 Å². The standard InChI is InChI=1S/C20H22ClN3O2/c1-14(16-5-4-6-17(21)13-16)22-20(26)23-18-9-7-15(8-10-18)19(25)24-11-2-3-12-24/h4-10,13-14H,2-3,11-12H2,1H3,(H2,22,23,26)/t14-/m1/s1. The van der Waals surface area contributed by atoms with Crippen molar-refractivity contribution < 1.29 is 9.59 Å². The Kier molecular flexibility index (Phi) is 5.78. The van der Waals surface area contributed by atoms with Gasteiger partial charge in [-0.2, -0.15) is 0 Å². The number of rotatable bonds is 4. The molecule has 3 amide bonds. The molecule has 2 aromatic rings. The Hall–Kier alpha value is -2.53. The van der Waals surface area contributed by atoms with Crippen molar-refractivity contribution in [1.82, 2.24) is 10.2 Å². The second-order valence-electron chi connectivity index (χ2n) is 6.45. The van der Waals surface area contributed by atoms with Crippen LogP contribution in [0, 0.1) is 0 Å². The number of halogens is 1. The first-order valence-electron chi connectivity index (χ1n) is 8.75.